The number of ether oxygens (including phenoxy) is 1. The molecule has 1 unspecified atom stereocenters. The van der Waals surface area contributed by atoms with Gasteiger partial charge in [0.25, 0.3) is 0 Å². The lowest BCUT2D eigenvalue weighted by atomic mass is 10.1. The van der Waals surface area contributed by atoms with Gasteiger partial charge in [-0.1, -0.05) is 0 Å². The van der Waals surface area contributed by atoms with Crippen molar-refractivity contribution in [3.8, 4) is 5.75 Å². The molecule has 0 saturated heterocycles. The van der Waals surface area contributed by atoms with Crippen molar-refractivity contribution in [2.24, 2.45) is 0 Å². The Morgan fingerprint density at radius 3 is 2.14 bits per heavy atom. The molecule has 2 nitrogen and oxygen atoms in total. The first-order valence-electron chi connectivity index (χ1n) is 7.17. The molecule has 1 rings (SSSR count). The van der Waals surface area contributed by atoms with Crippen LogP contribution in [0.4, 0.5) is 13.2 Å². The van der Waals surface area contributed by atoms with E-state index < -0.39 is 11.7 Å². The maximum absolute atomic E-state index is 12.4. The summed E-state index contributed by atoms with van der Waals surface area (Å²) < 4.78 is 42.9. The number of nitrogens with one attached hydrogen (secondary N) is 1. The molecule has 1 atom stereocenters. The predicted molar refractivity (Wildman–Crippen MR) is 78.5 cm³/mol. The van der Waals surface area contributed by atoms with Crippen LogP contribution in [0.25, 0.3) is 0 Å². The summed E-state index contributed by atoms with van der Waals surface area (Å²) >= 11 is 0. The zero-order valence-electron chi connectivity index (χ0n) is 13.1. The molecule has 0 aliphatic heterocycles. The van der Waals surface area contributed by atoms with Gasteiger partial charge in [-0.15, -0.1) is 0 Å². The van der Waals surface area contributed by atoms with Crippen LogP contribution in [-0.4, -0.2) is 18.2 Å². The van der Waals surface area contributed by atoms with E-state index in [0.29, 0.717) is 5.75 Å². The van der Waals surface area contributed by atoms with Gasteiger partial charge in [0.1, 0.15) is 5.75 Å². The lowest BCUT2D eigenvalue weighted by Gasteiger charge is -2.21. The molecule has 0 heterocycles. The third kappa shape index (κ3) is 7.37. The minimum Gasteiger partial charge on any atom is -0.491 e. The van der Waals surface area contributed by atoms with E-state index in [0.717, 1.165) is 31.5 Å². The van der Waals surface area contributed by atoms with E-state index in [2.05, 4.69) is 26.1 Å². The van der Waals surface area contributed by atoms with Gasteiger partial charge in [-0.25, -0.2) is 0 Å². The average molecular weight is 303 g/mol. The average Bonchev–Trinajstić information content (AvgIpc) is 2.33. The Morgan fingerprint density at radius 2 is 1.67 bits per heavy atom. The fourth-order valence-corrected chi connectivity index (χ4v) is 1.87. The van der Waals surface area contributed by atoms with E-state index in [9.17, 15) is 13.2 Å². The Labute approximate surface area is 124 Å². The maximum atomic E-state index is 12.4. The van der Waals surface area contributed by atoms with E-state index in [-0.39, 0.29) is 11.6 Å². The summed E-state index contributed by atoms with van der Waals surface area (Å²) in [4.78, 5) is 0. The van der Waals surface area contributed by atoms with Gasteiger partial charge in [0.2, 0.25) is 0 Å². The Bertz CT molecular complexity index is 421. The van der Waals surface area contributed by atoms with E-state index >= 15 is 0 Å². The number of alkyl halides is 3. The molecule has 0 radical (unpaired) electrons. The van der Waals surface area contributed by atoms with Gasteiger partial charge < -0.3 is 10.1 Å². The van der Waals surface area contributed by atoms with Crippen LogP contribution < -0.4 is 10.1 Å². The molecule has 5 heteroatoms. The number of rotatable bonds is 6. The van der Waals surface area contributed by atoms with Gasteiger partial charge in [-0.05, 0) is 71.3 Å². The molecule has 1 N–H and O–H groups in total. The van der Waals surface area contributed by atoms with Crippen molar-refractivity contribution >= 4 is 0 Å². The molecule has 0 amide bonds. The molecule has 0 aliphatic rings. The van der Waals surface area contributed by atoms with Crippen LogP contribution in [0.15, 0.2) is 24.3 Å². The zero-order valence-corrected chi connectivity index (χ0v) is 13.1. The Morgan fingerprint density at radius 1 is 1.10 bits per heavy atom. The molecular formula is C16H24F3NO. The minimum absolute atomic E-state index is 0.0245. The highest BCUT2D eigenvalue weighted by molar-refractivity contribution is 5.28. The van der Waals surface area contributed by atoms with E-state index in [1.54, 1.807) is 0 Å². The Balaban J connectivity index is 2.36. The van der Waals surface area contributed by atoms with Crippen molar-refractivity contribution in [1.29, 1.82) is 0 Å². The van der Waals surface area contributed by atoms with Gasteiger partial charge in [0, 0.05) is 5.54 Å². The molecular weight excluding hydrogens is 279 g/mol. The first-order chi connectivity index (χ1) is 9.58. The monoisotopic (exact) mass is 303 g/mol. The van der Waals surface area contributed by atoms with Crippen LogP contribution in [0, 0.1) is 0 Å². The quantitative estimate of drug-likeness (QED) is 0.773. The minimum atomic E-state index is -4.30. The van der Waals surface area contributed by atoms with E-state index in [1.807, 2.05) is 6.92 Å². The number of hydrogen-bond acceptors (Lipinski definition) is 2. The van der Waals surface area contributed by atoms with Crippen molar-refractivity contribution in [2.45, 2.75) is 58.4 Å². The van der Waals surface area contributed by atoms with E-state index in [4.69, 9.17) is 4.74 Å². The maximum Gasteiger partial charge on any atom is 0.416 e. The molecule has 0 spiro atoms. The first kappa shape index (κ1) is 17.8. The second-order valence-corrected chi connectivity index (χ2v) is 6.27. The predicted octanol–water partition coefficient (Wildman–Crippen LogP) is 4.64. The molecule has 0 fully saturated rings. The Kier molecular flexibility index (Phi) is 6.08. The fourth-order valence-electron chi connectivity index (χ4n) is 1.87. The highest BCUT2D eigenvalue weighted by atomic mass is 19.4. The summed E-state index contributed by atoms with van der Waals surface area (Å²) in [5, 5.41) is 3.38. The van der Waals surface area contributed by atoms with Crippen LogP contribution in [0.2, 0.25) is 0 Å². The van der Waals surface area contributed by atoms with Gasteiger partial charge >= 0.3 is 6.18 Å². The normalized spacial score (nSPS) is 14.0. The zero-order chi connectivity index (χ0) is 16.1. The van der Waals surface area contributed by atoms with Gasteiger partial charge in [0.15, 0.2) is 0 Å². The summed E-state index contributed by atoms with van der Waals surface area (Å²) in [6, 6.07) is 4.83. The molecule has 0 saturated carbocycles. The SMILES string of the molecule is CC(CCCNC(C)(C)C)Oc1ccc(C(F)(F)F)cc1. The summed E-state index contributed by atoms with van der Waals surface area (Å²) in [5.74, 6) is 0.472. The topological polar surface area (TPSA) is 21.3 Å². The summed E-state index contributed by atoms with van der Waals surface area (Å²) in [6.07, 6.45) is -2.52. The van der Waals surface area contributed by atoms with Crippen LogP contribution in [0.3, 0.4) is 0 Å². The third-order valence-corrected chi connectivity index (χ3v) is 2.96. The van der Waals surface area contributed by atoms with Crippen LogP contribution >= 0.6 is 0 Å². The van der Waals surface area contributed by atoms with Crippen molar-refractivity contribution < 1.29 is 17.9 Å². The Hall–Kier alpha value is -1.23. The second-order valence-electron chi connectivity index (χ2n) is 6.27. The van der Waals surface area contributed by atoms with Crippen molar-refractivity contribution in [1.82, 2.24) is 5.32 Å². The van der Waals surface area contributed by atoms with Crippen molar-refractivity contribution in [2.75, 3.05) is 6.54 Å². The summed E-state index contributed by atoms with van der Waals surface area (Å²) in [7, 11) is 0. The van der Waals surface area contributed by atoms with Crippen molar-refractivity contribution in [3.05, 3.63) is 29.8 Å². The van der Waals surface area contributed by atoms with Gasteiger partial charge in [-0.2, -0.15) is 13.2 Å². The molecule has 21 heavy (non-hydrogen) atoms. The van der Waals surface area contributed by atoms with Crippen LogP contribution in [0.5, 0.6) is 5.75 Å². The van der Waals surface area contributed by atoms with E-state index in [1.165, 1.54) is 12.1 Å². The molecule has 0 aliphatic carbocycles. The molecule has 120 valence electrons. The first-order valence-corrected chi connectivity index (χ1v) is 7.17. The molecule has 0 aromatic heterocycles. The molecule has 1 aromatic carbocycles. The highest BCUT2D eigenvalue weighted by Crippen LogP contribution is 2.30. The number of hydrogen-bond donors (Lipinski definition) is 1. The largest absolute Gasteiger partial charge is 0.491 e. The lowest BCUT2D eigenvalue weighted by Crippen LogP contribution is -2.36. The molecule has 1 aromatic rings. The highest BCUT2D eigenvalue weighted by Gasteiger charge is 2.30. The van der Waals surface area contributed by atoms with Gasteiger partial charge in [-0.3, -0.25) is 0 Å². The summed E-state index contributed by atoms with van der Waals surface area (Å²) in [6.45, 7) is 9.14. The van der Waals surface area contributed by atoms with Crippen LogP contribution in [0.1, 0.15) is 46.1 Å². The molecule has 0 bridgehead atoms. The number of benzene rings is 1. The number of halogens is 3. The van der Waals surface area contributed by atoms with Gasteiger partial charge in [0.05, 0.1) is 11.7 Å². The van der Waals surface area contributed by atoms with Crippen LogP contribution in [-0.2, 0) is 6.18 Å². The fraction of sp³-hybridized carbons (Fsp3) is 0.625. The third-order valence-electron chi connectivity index (χ3n) is 2.96. The standard InChI is InChI=1S/C16H24F3NO/c1-12(6-5-11-20-15(2,3)4)21-14-9-7-13(8-10-14)16(17,18)19/h7-10,12,20H,5-6,11H2,1-4H3. The smallest absolute Gasteiger partial charge is 0.416 e. The van der Waals surface area contributed by atoms with Crippen molar-refractivity contribution in [3.63, 3.8) is 0 Å². The summed E-state index contributed by atoms with van der Waals surface area (Å²) in [5.41, 5.74) is -0.561. The lowest BCUT2D eigenvalue weighted by molar-refractivity contribution is -0.137. The second kappa shape index (κ2) is 7.16.